The van der Waals surface area contributed by atoms with E-state index in [0.29, 0.717) is 42.7 Å². The second kappa shape index (κ2) is 12.1. The molecule has 0 bridgehead atoms. The fourth-order valence-corrected chi connectivity index (χ4v) is 4.67. The van der Waals surface area contributed by atoms with Gasteiger partial charge in [0.05, 0.1) is 6.61 Å². The Balaban J connectivity index is 1.59. The van der Waals surface area contributed by atoms with E-state index >= 15 is 4.39 Å². The molecule has 1 fully saturated rings. The molecule has 0 radical (unpaired) electrons. The van der Waals surface area contributed by atoms with Crippen LogP contribution in [-0.4, -0.2) is 6.61 Å². The van der Waals surface area contributed by atoms with Gasteiger partial charge in [0.1, 0.15) is 0 Å². The van der Waals surface area contributed by atoms with Crippen molar-refractivity contribution < 1.29 is 22.3 Å². The summed E-state index contributed by atoms with van der Waals surface area (Å²) in [4.78, 5) is 0. The molecule has 0 N–H and O–H groups in total. The number of ether oxygens (including phenoxy) is 1. The van der Waals surface area contributed by atoms with Crippen LogP contribution in [0.1, 0.15) is 62.5 Å². The average molecular weight is 485 g/mol. The van der Waals surface area contributed by atoms with E-state index in [1.807, 2.05) is 12.1 Å². The highest BCUT2D eigenvalue weighted by Crippen LogP contribution is 2.41. The van der Waals surface area contributed by atoms with Crippen LogP contribution < -0.4 is 0 Å². The Morgan fingerprint density at radius 3 is 2.20 bits per heavy atom. The number of allylic oxidation sites excluding steroid dienone is 3. The molecule has 0 heterocycles. The second-order valence-electron chi connectivity index (χ2n) is 9.00. The Kier molecular flexibility index (Phi) is 9.13. The van der Waals surface area contributed by atoms with Crippen molar-refractivity contribution in [1.29, 1.82) is 0 Å². The van der Waals surface area contributed by atoms with Gasteiger partial charge in [0.2, 0.25) is 0 Å². The highest BCUT2D eigenvalue weighted by atomic mass is 19.2. The lowest BCUT2D eigenvalue weighted by molar-refractivity contribution is 0.224. The first-order valence-electron chi connectivity index (χ1n) is 12.0. The van der Waals surface area contributed by atoms with Crippen LogP contribution in [0.15, 0.2) is 79.1 Å². The lowest BCUT2D eigenvalue weighted by atomic mass is 9.76. The summed E-state index contributed by atoms with van der Waals surface area (Å²) in [6.45, 7) is 12.6. The van der Waals surface area contributed by atoms with Crippen molar-refractivity contribution in [3.05, 3.63) is 102 Å². The normalized spacial score (nSPS) is 18.5. The van der Waals surface area contributed by atoms with Gasteiger partial charge in [-0.3, -0.25) is 0 Å². The molecule has 0 spiro atoms. The maximum absolute atomic E-state index is 15.0. The van der Waals surface area contributed by atoms with Crippen molar-refractivity contribution in [3.63, 3.8) is 0 Å². The lowest BCUT2D eigenvalue weighted by Crippen LogP contribution is -2.15. The minimum Gasteiger partial charge on any atom is -0.491 e. The maximum Gasteiger partial charge on any atom is 0.200 e. The van der Waals surface area contributed by atoms with Crippen molar-refractivity contribution in [3.8, 4) is 11.1 Å². The Morgan fingerprint density at radius 1 is 0.943 bits per heavy atom. The van der Waals surface area contributed by atoms with Gasteiger partial charge in [-0.25, -0.2) is 13.2 Å². The molecule has 0 atom stereocenters. The molecule has 2 aromatic carbocycles. The lowest BCUT2D eigenvalue weighted by Gasteiger charge is -2.29. The van der Waals surface area contributed by atoms with Crippen LogP contribution in [0.4, 0.5) is 17.6 Å². The summed E-state index contributed by atoms with van der Waals surface area (Å²) in [7, 11) is 0. The van der Waals surface area contributed by atoms with E-state index in [0.717, 1.165) is 18.4 Å². The summed E-state index contributed by atoms with van der Waals surface area (Å²) in [5, 5.41) is 0. The summed E-state index contributed by atoms with van der Waals surface area (Å²) in [6.07, 6.45) is 5.72. The molecule has 1 aliphatic rings. The summed E-state index contributed by atoms with van der Waals surface area (Å²) in [5.41, 5.74) is 2.25. The quantitative estimate of drug-likeness (QED) is 0.185. The molecule has 186 valence electrons. The Labute approximate surface area is 205 Å². The molecule has 0 aromatic heterocycles. The van der Waals surface area contributed by atoms with E-state index in [2.05, 4.69) is 19.7 Å². The third-order valence-corrected chi connectivity index (χ3v) is 6.78. The first-order chi connectivity index (χ1) is 16.8. The van der Waals surface area contributed by atoms with Crippen LogP contribution in [0.25, 0.3) is 17.2 Å². The van der Waals surface area contributed by atoms with Gasteiger partial charge in [0.25, 0.3) is 0 Å². The molecule has 0 amide bonds. The fraction of sp³-hybridized carbons (Fsp3) is 0.333. The summed E-state index contributed by atoms with van der Waals surface area (Å²) in [5.74, 6) is -3.85. The van der Waals surface area contributed by atoms with Crippen LogP contribution in [-0.2, 0) is 4.74 Å². The van der Waals surface area contributed by atoms with Gasteiger partial charge < -0.3 is 4.74 Å². The van der Waals surface area contributed by atoms with Crippen molar-refractivity contribution in [2.45, 2.75) is 51.4 Å². The molecule has 1 aliphatic carbocycles. The molecule has 2 aromatic rings. The average Bonchev–Trinajstić information content (AvgIpc) is 2.88. The van der Waals surface area contributed by atoms with E-state index in [-0.39, 0.29) is 29.4 Å². The third kappa shape index (κ3) is 6.33. The van der Waals surface area contributed by atoms with Crippen molar-refractivity contribution >= 4 is 6.08 Å². The molecule has 0 aliphatic heterocycles. The predicted octanol–water partition coefficient (Wildman–Crippen LogP) is 9.59. The molecular formula is C30H32F4O. The highest BCUT2D eigenvalue weighted by molar-refractivity contribution is 5.66. The number of hydrogen-bond acceptors (Lipinski definition) is 1. The smallest absolute Gasteiger partial charge is 0.200 e. The fourth-order valence-electron chi connectivity index (χ4n) is 4.67. The predicted molar refractivity (Wildman–Crippen MR) is 135 cm³/mol. The SMILES string of the molecule is C=Cc1ccc(-c2ccc(C3CCC(CCC(=C)/C(F)=C(/F)C(=C)OCC)CC3)c(F)c2F)cc1. The monoisotopic (exact) mass is 484 g/mol. The van der Waals surface area contributed by atoms with E-state index in [1.165, 1.54) is 0 Å². The zero-order chi connectivity index (χ0) is 25.5. The summed E-state index contributed by atoms with van der Waals surface area (Å²) in [6, 6.07) is 10.5. The van der Waals surface area contributed by atoms with Gasteiger partial charge in [-0.2, -0.15) is 4.39 Å². The molecule has 0 unspecified atom stereocenters. The Morgan fingerprint density at radius 2 is 1.60 bits per heavy atom. The number of benzene rings is 2. The van der Waals surface area contributed by atoms with Crippen LogP contribution in [0.5, 0.6) is 0 Å². The van der Waals surface area contributed by atoms with Crippen LogP contribution in [0.2, 0.25) is 0 Å². The van der Waals surface area contributed by atoms with Crippen LogP contribution in [0.3, 0.4) is 0 Å². The van der Waals surface area contributed by atoms with Crippen LogP contribution in [0, 0.1) is 17.6 Å². The van der Waals surface area contributed by atoms with E-state index in [9.17, 15) is 13.2 Å². The van der Waals surface area contributed by atoms with Gasteiger partial charge in [0.15, 0.2) is 29.0 Å². The molecular weight excluding hydrogens is 452 g/mol. The molecule has 1 nitrogen and oxygen atoms in total. The number of halogens is 4. The molecule has 3 rings (SSSR count). The van der Waals surface area contributed by atoms with E-state index in [4.69, 9.17) is 4.74 Å². The Hall–Kier alpha value is -3.08. The Bertz CT molecular complexity index is 1110. The first kappa shape index (κ1) is 26.5. The highest BCUT2D eigenvalue weighted by Gasteiger charge is 2.27. The van der Waals surface area contributed by atoms with Crippen molar-refractivity contribution in [2.24, 2.45) is 5.92 Å². The standard InChI is InChI=1S/C30H32F4O/c1-5-21-9-13-23(14-10-21)25-17-18-26(30(34)29(25)33)24-15-11-22(12-16-24)8-7-19(3)27(31)28(32)20(4)35-6-2/h5,9-10,13-14,17-18,22,24H,1,3-4,6-8,11-12,15-16H2,2H3/b28-27-. The molecule has 5 heteroatoms. The van der Waals surface area contributed by atoms with Gasteiger partial charge in [-0.05, 0) is 79.5 Å². The summed E-state index contributed by atoms with van der Waals surface area (Å²) >= 11 is 0. The zero-order valence-electron chi connectivity index (χ0n) is 20.2. The van der Waals surface area contributed by atoms with Gasteiger partial charge >= 0.3 is 0 Å². The number of rotatable bonds is 10. The van der Waals surface area contributed by atoms with Gasteiger partial charge in [-0.1, -0.05) is 62.2 Å². The van der Waals surface area contributed by atoms with Gasteiger partial charge in [-0.15, -0.1) is 0 Å². The summed E-state index contributed by atoms with van der Waals surface area (Å²) < 4.78 is 63.1. The van der Waals surface area contributed by atoms with E-state index in [1.54, 1.807) is 37.3 Å². The topological polar surface area (TPSA) is 9.23 Å². The zero-order valence-corrected chi connectivity index (χ0v) is 20.2. The minimum absolute atomic E-state index is 0.0651. The van der Waals surface area contributed by atoms with Crippen molar-refractivity contribution in [1.82, 2.24) is 0 Å². The number of hydrogen-bond donors (Lipinski definition) is 0. The largest absolute Gasteiger partial charge is 0.491 e. The van der Waals surface area contributed by atoms with Crippen LogP contribution >= 0.6 is 0 Å². The first-order valence-corrected chi connectivity index (χ1v) is 12.0. The van der Waals surface area contributed by atoms with Gasteiger partial charge in [0, 0.05) is 5.56 Å². The molecule has 0 saturated heterocycles. The van der Waals surface area contributed by atoms with E-state index < -0.39 is 23.3 Å². The maximum atomic E-state index is 15.0. The molecule has 35 heavy (non-hydrogen) atoms. The third-order valence-electron chi connectivity index (χ3n) is 6.78. The molecule has 1 saturated carbocycles. The minimum atomic E-state index is -1.11. The van der Waals surface area contributed by atoms with Crippen molar-refractivity contribution in [2.75, 3.05) is 6.61 Å². The second-order valence-corrected chi connectivity index (χ2v) is 9.00.